The Labute approximate surface area is 157 Å². The van der Waals surface area contributed by atoms with Crippen LogP contribution in [0.3, 0.4) is 0 Å². The molecule has 3 unspecified atom stereocenters. The summed E-state index contributed by atoms with van der Waals surface area (Å²) in [7, 11) is 1.86. The summed E-state index contributed by atoms with van der Waals surface area (Å²) < 4.78 is 11.4. The van der Waals surface area contributed by atoms with Crippen LogP contribution in [0.4, 0.5) is 0 Å². The normalized spacial score (nSPS) is 28.0. The minimum Gasteiger partial charge on any atom is -0.478 e. The standard InChI is InChI=1S/C19H24N2O6/c1-3-26-15-5-4-6-16(20-15)27-13-9-12-7-8-19(11-13,21(12)2)14(18(24)25)10-17(22)23/h4-6,10,12-13H,3,7-9,11H2,1-2H3,(H,22,23)(H,24,25)/b14-10-. The number of aliphatic carboxylic acids is 2. The van der Waals surface area contributed by atoms with Crippen LogP contribution in [0.15, 0.2) is 29.8 Å². The molecule has 0 saturated carbocycles. The molecular weight excluding hydrogens is 352 g/mol. The van der Waals surface area contributed by atoms with Gasteiger partial charge in [0.1, 0.15) is 6.10 Å². The molecule has 27 heavy (non-hydrogen) atoms. The van der Waals surface area contributed by atoms with Crippen molar-refractivity contribution >= 4 is 11.9 Å². The minimum atomic E-state index is -1.26. The van der Waals surface area contributed by atoms with E-state index < -0.39 is 17.5 Å². The third-order valence-electron chi connectivity index (χ3n) is 5.49. The largest absolute Gasteiger partial charge is 0.478 e. The fourth-order valence-corrected chi connectivity index (χ4v) is 4.31. The fraction of sp³-hybridized carbons (Fsp3) is 0.526. The molecule has 3 atom stereocenters. The number of rotatable bonds is 7. The van der Waals surface area contributed by atoms with E-state index in [1.54, 1.807) is 18.2 Å². The van der Waals surface area contributed by atoms with Gasteiger partial charge in [0.15, 0.2) is 0 Å². The van der Waals surface area contributed by atoms with Crippen molar-refractivity contribution in [1.29, 1.82) is 0 Å². The van der Waals surface area contributed by atoms with E-state index in [2.05, 4.69) is 4.98 Å². The molecule has 0 spiro atoms. The van der Waals surface area contributed by atoms with Crippen molar-refractivity contribution in [2.75, 3.05) is 13.7 Å². The van der Waals surface area contributed by atoms with Crippen LogP contribution < -0.4 is 9.47 Å². The highest BCUT2D eigenvalue weighted by molar-refractivity contribution is 5.96. The summed E-state index contributed by atoms with van der Waals surface area (Å²) in [5, 5.41) is 18.8. The monoisotopic (exact) mass is 376 g/mol. The molecule has 0 radical (unpaired) electrons. The molecule has 0 aromatic carbocycles. The van der Waals surface area contributed by atoms with E-state index in [4.69, 9.17) is 14.6 Å². The number of hydrogen-bond donors (Lipinski definition) is 2. The number of carbonyl (C=O) groups is 2. The first-order chi connectivity index (χ1) is 12.9. The smallest absolute Gasteiger partial charge is 0.333 e. The van der Waals surface area contributed by atoms with Crippen LogP contribution in [0, 0.1) is 0 Å². The van der Waals surface area contributed by atoms with Gasteiger partial charge in [-0.15, -0.1) is 0 Å². The highest BCUT2D eigenvalue weighted by Crippen LogP contribution is 2.48. The lowest BCUT2D eigenvalue weighted by atomic mass is 9.80. The summed E-state index contributed by atoms with van der Waals surface area (Å²) in [6, 6.07) is 5.41. The topological polar surface area (TPSA) is 109 Å². The average molecular weight is 376 g/mol. The maximum Gasteiger partial charge on any atom is 0.333 e. The molecule has 8 heteroatoms. The third-order valence-corrected chi connectivity index (χ3v) is 5.49. The Morgan fingerprint density at radius 3 is 2.78 bits per heavy atom. The van der Waals surface area contributed by atoms with Crippen LogP contribution in [0.25, 0.3) is 0 Å². The van der Waals surface area contributed by atoms with E-state index in [1.807, 2.05) is 18.9 Å². The van der Waals surface area contributed by atoms with E-state index in [9.17, 15) is 14.7 Å². The summed E-state index contributed by atoms with van der Waals surface area (Å²) in [6.45, 7) is 2.37. The van der Waals surface area contributed by atoms with Gasteiger partial charge in [-0.2, -0.15) is 4.98 Å². The first kappa shape index (κ1) is 19.2. The van der Waals surface area contributed by atoms with Gasteiger partial charge in [-0.1, -0.05) is 6.07 Å². The quantitative estimate of drug-likeness (QED) is 0.695. The van der Waals surface area contributed by atoms with E-state index >= 15 is 0 Å². The van der Waals surface area contributed by atoms with Crippen molar-refractivity contribution < 1.29 is 29.3 Å². The van der Waals surface area contributed by atoms with Crippen molar-refractivity contribution in [3.05, 3.63) is 29.8 Å². The average Bonchev–Trinajstić information content (AvgIpc) is 2.79. The first-order valence-electron chi connectivity index (χ1n) is 9.03. The molecule has 1 aromatic heterocycles. The number of piperidine rings is 1. The lowest BCUT2D eigenvalue weighted by Gasteiger charge is -2.45. The Morgan fingerprint density at radius 1 is 1.37 bits per heavy atom. The molecule has 8 nitrogen and oxygen atoms in total. The molecule has 2 bridgehead atoms. The van der Waals surface area contributed by atoms with Crippen molar-refractivity contribution in [3.8, 4) is 11.8 Å². The van der Waals surface area contributed by atoms with Gasteiger partial charge in [0.05, 0.1) is 17.7 Å². The van der Waals surface area contributed by atoms with Gasteiger partial charge in [-0.05, 0) is 33.2 Å². The van der Waals surface area contributed by atoms with Crippen molar-refractivity contribution in [2.45, 2.75) is 50.3 Å². The van der Waals surface area contributed by atoms with Crippen molar-refractivity contribution in [1.82, 2.24) is 9.88 Å². The zero-order chi connectivity index (χ0) is 19.6. The van der Waals surface area contributed by atoms with Crippen LogP contribution in [-0.2, 0) is 9.59 Å². The van der Waals surface area contributed by atoms with E-state index in [0.29, 0.717) is 31.2 Å². The zero-order valence-electron chi connectivity index (χ0n) is 15.4. The summed E-state index contributed by atoms with van der Waals surface area (Å²) >= 11 is 0. The molecule has 2 aliphatic rings. The molecule has 3 rings (SSSR count). The number of ether oxygens (including phenoxy) is 2. The number of carboxylic acid groups (broad SMARTS) is 2. The summed E-state index contributed by atoms with van der Waals surface area (Å²) in [5.74, 6) is -1.57. The van der Waals surface area contributed by atoms with Gasteiger partial charge in [0.2, 0.25) is 11.8 Å². The number of nitrogens with zero attached hydrogens (tertiary/aromatic N) is 2. The predicted molar refractivity (Wildman–Crippen MR) is 95.9 cm³/mol. The molecule has 0 aliphatic carbocycles. The molecule has 1 aromatic rings. The number of pyridine rings is 1. The minimum absolute atomic E-state index is 0.0932. The number of likely N-dealkylation sites (N-methyl/N-ethyl adjacent to an activating group) is 1. The van der Waals surface area contributed by atoms with Crippen LogP contribution in [0.1, 0.15) is 32.6 Å². The van der Waals surface area contributed by atoms with Gasteiger partial charge in [0, 0.05) is 30.7 Å². The van der Waals surface area contributed by atoms with Gasteiger partial charge in [-0.3, -0.25) is 4.90 Å². The first-order valence-corrected chi connectivity index (χ1v) is 9.03. The Morgan fingerprint density at radius 2 is 2.11 bits per heavy atom. The second kappa shape index (κ2) is 7.56. The summed E-state index contributed by atoms with van der Waals surface area (Å²) in [6.07, 6.45) is 3.08. The van der Waals surface area contributed by atoms with Crippen molar-refractivity contribution in [2.24, 2.45) is 0 Å². The SMILES string of the molecule is CCOc1cccc(OC2CC3CCC(/C(=C\C(=O)O)C(=O)O)(C2)N3C)n1. The summed E-state index contributed by atoms with van der Waals surface area (Å²) in [4.78, 5) is 29.3. The lowest BCUT2D eigenvalue weighted by Crippen LogP contribution is -2.55. The Hall–Kier alpha value is -2.61. The highest BCUT2D eigenvalue weighted by Gasteiger charge is 2.54. The van der Waals surface area contributed by atoms with Crippen LogP contribution in [0.5, 0.6) is 11.8 Å². The molecule has 3 heterocycles. The summed E-state index contributed by atoms with van der Waals surface area (Å²) in [5.41, 5.74) is -0.945. The molecule has 2 fully saturated rings. The Kier molecular flexibility index (Phi) is 5.36. The van der Waals surface area contributed by atoms with Gasteiger partial charge >= 0.3 is 11.9 Å². The molecular formula is C19H24N2O6. The second-order valence-electron chi connectivity index (χ2n) is 6.96. The molecule has 0 amide bonds. The van der Waals surface area contributed by atoms with Gasteiger partial charge in [0.25, 0.3) is 0 Å². The third kappa shape index (κ3) is 3.75. The van der Waals surface area contributed by atoms with Crippen molar-refractivity contribution in [3.63, 3.8) is 0 Å². The Bertz CT molecular complexity index is 764. The fourth-order valence-electron chi connectivity index (χ4n) is 4.31. The number of carboxylic acids is 2. The van der Waals surface area contributed by atoms with E-state index in [0.717, 1.165) is 18.9 Å². The van der Waals surface area contributed by atoms with Crippen LogP contribution >= 0.6 is 0 Å². The van der Waals surface area contributed by atoms with E-state index in [1.165, 1.54) is 0 Å². The highest BCUT2D eigenvalue weighted by atomic mass is 16.5. The Balaban J connectivity index is 1.86. The maximum atomic E-state index is 11.8. The lowest BCUT2D eigenvalue weighted by molar-refractivity contribution is -0.137. The molecule has 2 saturated heterocycles. The molecule has 146 valence electrons. The maximum absolute atomic E-state index is 11.8. The second-order valence-corrected chi connectivity index (χ2v) is 6.96. The number of aromatic nitrogens is 1. The van der Waals surface area contributed by atoms with Gasteiger partial charge < -0.3 is 19.7 Å². The molecule has 2 aliphatic heterocycles. The number of fused-ring (bicyclic) bond motifs is 2. The van der Waals surface area contributed by atoms with Crippen LogP contribution in [-0.4, -0.2) is 63.4 Å². The predicted octanol–water partition coefficient (Wildman–Crippen LogP) is 1.95. The number of hydrogen-bond acceptors (Lipinski definition) is 6. The van der Waals surface area contributed by atoms with Crippen LogP contribution in [0.2, 0.25) is 0 Å². The zero-order valence-corrected chi connectivity index (χ0v) is 15.4. The molecule has 2 N–H and O–H groups in total. The van der Waals surface area contributed by atoms with E-state index in [-0.39, 0.29) is 17.7 Å². The van der Waals surface area contributed by atoms with Gasteiger partial charge in [-0.25, -0.2) is 9.59 Å².